The molecule has 0 aliphatic carbocycles. The van der Waals surface area contributed by atoms with E-state index in [1.165, 1.54) is 33.9 Å². The van der Waals surface area contributed by atoms with E-state index in [1.54, 1.807) is 18.2 Å². The van der Waals surface area contributed by atoms with Crippen molar-refractivity contribution in [3.63, 3.8) is 0 Å². The minimum absolute atomic E-state index is 0.219. The molecule has 0 fully saturated rings. The van der Waals surface area contributed by atoms with Gasteiger partial charge in [0, 0.05) is 16.5 Å². The zero-order valence-corrected chi connectivity index (χ0v) is 20.6. The van der Waals surface area contributed by atoms with Gasteiger partial charge in [0.15, 0.2) is 5.13 Å². The molecule has 0 bridgehead atoms. The fourth-order valence-corrected chi connectivity index (χ4v) is 5.31. The lowest BCUT2D eigenvalue weighted by Gasteiger charge is -2.16. The standard InChI is InChI=1S/C28H23N3O3S/c1-15-11-17(3)24(18(4)12-15)22-14-35-28(29-22)30-25(32)19-9-10-20-21(13-19)27(34)31(26(20)33)23-8-6-5-7-16(23)2/h5-14H,1-4H3,(H,29,30,32). The molecule has 5 rings (SSSR count). The SMILES string of the molecule is Cc1cc(C)c(-c2csc(NC(=O)c3ccc4c(c3)C(=O)N(c3ccccc3C)C4=O)n2)c(C)c1. The first kappa shape index (κ1) is 22.7. The molecular formula is C28H23N3O3S. The van der Waals surface area contributed by atoms with E-state index in [0.717, 1.165) is 27.9 Å². The quantitative estimate of drug-likeness (QED) is 0.357. The number of nitrogens with one attached hydrogen (secondary N) is 1. The summed E-state index contributed by atoms with van der Waals surface area (Å²) in [5, 5.41) is 5.21. The number of benzene rings is 3. The molecule has 1 aromatic heterocycles. The summed E-state index contributed by atoms with van der Waals surface area (Å²) in [6, 6.07) is 16.0. The summed E-state index contributed by atoms with van der Waals surface area (Å²) in [5.41, 5.74) is 7.48. The maximum atomic E-state index is 13.1. The van der Waals surface area contributed by atoms with E-state index in [9.17, 15) is 14.4 Å². The van der Waals surface area contributed by atoms with Crippen LogP contribution >= 0.6 is 11.3 Å². The number of aryl methyl sites for hydroxylation is 4. The van der Waals surface area contributed by atoms with Crippen LogP contribution in [0.1, 0.15) is 53.3 Å². The first-order valence-electron chi connectivity index (χ1n) is 11.2. The average molecular weight is 482 g/mol. The second-order valence-electron chi connectivity index (χ2n) is 8.76. The molecule has 0 saturated heterocycles. The Labute approximate surface area is 207 Å². The highest BCUT2D eigenvalue weighted by molar-refractivity contribution is 7.14. The van der Waals surface area contributed by atoms with Gasteiger partial charge >= 0.3 is 0 Å². The van der Waals surface area contributed by atoms with Crippen LogP contribution in [0.25, 0.3) is 11.3 Å². The molecule has 0 unspecified atom stereocenters. The number of fused-ring (bicyclic) bond motifs is 1. The maximum Gasteiger partial charge on any atom is 0.266 e. The molecule has 6 nitrogen and oxygen atoms in total. The number of hydrogen-bond acceptors (Lipinski definition) is 5. The lowest BCUT2D eigenvalue weighted by atomic mass is 9.98. The Kier molecular flexibility index (Phi) is 5.57. The predicted molar refractivity (Wildman–Crippen MR) is 138 cm³/mol. The fourth-order valence-electron chi connectivity index (χ4n) is 4.61. The van der Waals surface area contributed by atoms with Gasteiger partial charge in [-0.25, -0.2) is 9.88 Å². The van der Waals surface area contributed by atoms with E-state index in [0.29, 0.717) is 10.8 Å². The summed E-state index contributed by atoms with van der Waals surface area (Å²) in [5.74, 6) is -1.21. The number of hydrogen-bond donors (Lipinski definition) is 1. The van der Waals surface area contributed by atoms with Crippen molar-refractivity contribution in [2.45, 2.75) is 27.7 Å². The third kappa shape index (κ3) is 3.94. The monoisotopic (exact) mass is 481 g/mol. The molecule has 1 aliphatic heterocycles. The zero-order chi connectivity index (χ0) is 24.9. The number of nitrogens with zero attached hydrogens (tertiary/aromatic N) is 2. The van der Waals surface area contributed by atoms with E-state index < -0.39 is 5.91 Å². The lowest BCUT2D eigenvalue weighted by molar-refractivity contribution is 0.0925. The molecule has 0 spiro atoms. The van der Waals surface area contributed by atoms with Gasteiger partial charge in [-0.3, -0.25) is 19.7 Å². The number of imide groups is 1. The molecule has 0 saturated carbocycles. The first-order valence-corrected chi connectivity index (χ1v) is 12.1. The summed E-state index contributed by atoms with van der Waals surface area (Å²) in [6.45, 7) is 8.01. The average Bonchev–Trinajstić information content (AvgIpc) is 3.36. The minimum atomic E-state index is -0.434. The van der Waals surface area contributed by atoms with Crippen LogP contribution in [0.15, 0.2) is 60.0 Å². The molecule has 1 N–H and O–H groups in total. The number of anilines is 2. The number of para-hydroxylation sites is 1. The van der Waals surface area contributed by atoms with Gasteiger partial charge in [0.05, 0.1) is 22.5 Å². The highest BCUT2D eigenvalue weighted by Crippen LogP contribution is 2.33. The lowest BCUT2D eigenvalue weighted by Crippen LogP contribution is -2.29. The topological polar surface area (TPSA) is 79.4 Å². The van der Waals surface area contributed by atoms with Crippen molar-refractivity contribution in [2.75, 3.05) is 10.2 Å². The number of amides is 3. The zero-order valence-electron chi connectivity index (χ0n) is 19.8. The highest BCUT2D eigenvalue weighted by Gasteiger charge is 2.37. The van der Waals surface area contributed by atoms with E-state index in [4.69, 9.17) is 0 Å². The summed E-state index contributed by atoms with van der Waals surface area (Å²) in [4.78, 5) is 44.8. The van der Waals surface area contributed by atoms with Crippen LogP contribution in [0.2, 0.25) is 0 Å². The second kappa shape index (κ2) is 8.60. The molecule has 35 heavy (non-hydrogen) atoms. The van der Waals surface area contributed by atoms with Crippen molar-refractivity contribution < 1.29 is 14.4 Å². The van der Waals surface area contributed by atoms with Gasteiger partial charge in [-0.2, -0.15) is 0 Å². The van der Waals surface area contributed by atoms with E-state index in [1.807, 2.05) is 24.4 Å². The largest absolute Gasteiger partial charge is 0.298 e. The van der Waals surface area contributed by atoms with Crippen LogP contribution in [-0.4, -0.2) is 22.7 Å². The van der Waals surface area contributed by atoms with Crippen LogP contribution < -0.4 is 10.2 Å². The molecule has 1 aliphatic rings. The molecule has 174 valence electrons. The third-order valence-electron chi connectivity index (χ3n) is 6.16. The van der Waals surface area contributed by atoms with Crippen molar-refractivity contribution >= 4 is 39.9 Å². The van der Waals surface area contributed by atoms with Crippen LogP contribution in [0, 0.1) is 27.7 Å². The smallest absolute Gasteiger partial charge is 0.266 e. The van der Waals surface area contributed by atoms with Crippen molar-refractivity contribution in [3.05, 3.63) is 98.9 Å². The van der Waals surface area contributed by atoms with E-state index in [2.05, 4.69) is 43.2 Å². The Balaban J connectivity index is 1.40. The molecule has 3 aromatic carbocycles. The Morgan fingerprint density at radius 1 is 0.857 bits per heavy atom. The first-order chi connectivity index (χ1) is 16.7. The van der Waals surface area contributed by atoms with E-state index in [-0.39, 0.29) is 28.5 Å². The van der Waals surface area contributed by atoms with Crippen molar-refractivity contribution in [3.8, 4) is 11.3 Å². The van der Waals surface area contributed by atoms with Crippen LogP contribution in [0.3, 0.4) is 0 Å². The van der Waals surface area contributed by atoms with Crippen LogP contribution in [0.4, 0.5) is 10.8 Å². The Morgan fingerprint density at radius 2 is 1.54 bits per heavy atom. The summed E-state index contributed by atoms with van der Waals surface area (Å²) >= 11 is 1.34. The maximum absolute atomic E-state index is 13.1. The van der Waals surface area contributed by atoms with E-state index >= 15 is 0 Å². The van der Waals surface area contributed by atoms with Gasteiger partial charge in [-0.1, -0.05) is 35.9 Å². The molecule has 7 heteroatoms. The fraction of sp³-hybridized carbons (Fsp3) is 0.143. The number of carbonyl (C=O) groups is 3. The van der Waals surface area contributed by atoms with Crippen LogP contribution in [0.5, 0.6) is 0 Å². The van der Waals surface area contributed by atoms with Gasteiger partial charge in [-0.15, -0.1) is 11.3 Å². The summed E-state index contributed by atoms with van der Waals surface area (Å²) < 4.78 is 0. The molecule has 2 heterocycles. The van der Waals surface area contributed by atoms with Crippen molar-refractivity contribution in [2.24, 2.45) is 0 Å². The molecular weight excluding hydrogens is 458 g/mol. The Morgan fingerprint density at radius 3 is 2.26 bits per heavy atom. The Hall–Kier alpha value is -4.10. The van der Waals surface area contributed by atoms with Gasteiger partial charge in [0.1, 0.15) is 0 Å². The normalized spacial score (nSPS) is 12.7. The molecule has 0 radical (unpaired) electrons. The number of carbonyl (C=O) groups excluding carboxylic acids is 3. The molecule has 4 aromatic rings. The molecule has 0 atom stereocenters. The highest BCUT2D eigenvalue weighted by atomic mass is 32.1. The minimum Gasteiger partial charge on any atom is -0.298 e. The molecule has 3 amide bonds. The summed E-state index contributed by atoms with van der Waals surface area (Å²) in [7, 11) is 0. The van der Waals surface area contributed by atoms with Crippen LogP contribution in [-0.2, 0) is 0 Å². The predicted octanol–water partition coefficient (Wildman–Crippen LogP) is 6.10. The van der Waals surface area contributed by atoms with Gasteiger partial charge in [0.25, 0.3) is 17.7 Å². The van der Waals surface area contributed by atoms with Gasteiger partial charge < -0.3 is 0 Å². The Bertz CT molecular complexity index is 1510. The van der Waals surface area contributed by atoms with Crippen molar-refractivity contribution in [1.29, 1.82) is 0 Å². The third-order valence-corrected chi connectivity index (χ3v) is 6.92. The van der Waals surface area contributed by atoms with Gasteiger partial charge in [0.2, 0.25) is 0 Å². The van der Waals surface area contributed by atoms with Gasteiger partial charge in [-0.05, 0) is 68.7 Å². The number of aromatic nitrogens is 1. The number of thiazole rings is 1. The number of rotatable bonds is 4. The van der Waals surface area contributed by atoms with Crippen molar-refractivity contribution in [1.82, 2.24) is 4.98 Å². The second-order valence-corrected chi connectivity index (χ2v) is 9.62. The summed E-state index contributed by atoms with van der Waals surface area (Å²) in [6.07, 6.45) is 0.